The van der Waals surface area contributed by atoms with Crippen molar-refractivity contribution in [2.24, 2.45) is 0 Å². The second-order valence-electron chi connectivity index (χ2n) is 4.67. The fourth-order valence-corrected chi connectivity index (χ4v) is 1.84. The van der Waals surface area contributed by atoms with Crippen LogP contribution < -0.4 is 5.32 Å². The Balaban J connectivity index is 2.53. The first-order valence-electron chi connectivity index (χ1n) is 7.41. The minimum atomic E-state index is -0.367. The van der Waals surface area contributed by atoms with Gasteiger partial charge in [-0.3, -0.25) is 0 Å². The van der Waals surface area contributed by atoms with Gasteiger partial charge in [-0.1, -0.05) is 13.8 Å². The number of nitriles is 2. The molecule has 120 valence electrons. The molecule has 0 saturated carbocycles. The molecular formula is C17H20N4O2. The summed E-state index contributed by atoms with van der Waals surface area (Å²) >= 11 is 0. The number of carbonyl (C=O) groups is 1. The Morgan fingerprint density at radius 2 is 1.83 bits per heavy atom. The van der Waals surface area contributed by atoms with Gasteiger partial charge in [-0.25, -0.2) is 4.79 Å². The summed E-state index contributed by atoms with van der Waals surface area (Å²) in [5, 5.41) is 20.1. The molecule has 1 aromatic rings. The van der Waals surface area contributed by atoms with Crippen molar-refractivity contribution in [3.63, 3.8) is 0 Å². The van der Waals surface area contributed by atoms with Crippen molar-refractivity contribution in [3.8, 4) is 12.1 Å². The second-order valence-corrected chi connectivity index (χ2v) is 4.67. The van der Waals surface area contributed by atoms with Crippen molar-refractivity contribution in [1.82, 2.24) is 4.90 Å². The summed E-state index contributed by atoms with van der Waals surface area (Å²) in [7, 11) is 0. The number of hydrogen-bond donors (Lipinski definition) is 1. The van der Waals surface area contributed by atoms with Crippen molar-refractivity contribution in [3.05, 3.63) is 41.6 Å². The molecule has 1 aromatic carbocycles. The van der Waals surface area contributed by atoms with Crippen LogP contribution in [0.5, 0.6) is 0 Å². The average Bonchev–Trinajstić information content (AvgIpc) is 2.60. The van der Waals surface area contributed by atoms with E-state index < -0.39 is 0 Å². The lowest BCUT2D eigenvalue weighted by atomic mass is 10.2. The van der Waals surface area contributed by atoms with Gasteiger partial charge in [0.1, 0.15) is 24.3 Å². The SMILES string of the molecule is CCN(CC)CCOC(=O)c1ccc(NC=C(C#N)C#N)cc1. The van der Waals surface area contributed by atoms with Crippen LogP contribution in [0.4, 0.5) is 5.69 Å². The molecule has 0 bridgehead atoms. The number of ether oxygens (including phenoxy) is 1. The first-order chi connectivity index (χ1) is 11.1. The highest BCUT2D eigenvalue weighted by Gasteiger charge is 2.07. The van der Waals surface area contributed by atoms with Gasteiger partial charge < -0.3 is 15.0 Å². The highest BCUT2D eigenvalue weighted by atomic mass is 16.5. The van der Waals surface area contributed by atoms with Crippen LogP contribution in [-0.4, -0.2) is 37.1 Å². The number of hydrogen-bond acceptors (Lipinski definition) is 6. The van der Waals surface area contributed by atoms with Crippen LogP contribution in [0.25, 0.3) is 0 Å². The first kappa shape index (κ1) is 18.2. The number of likely N-dealkylation sites (N-methyl/N-ethyl adjacent to an activating group) is 1. The molecule has 0 aliphatic heterocycles. The number of carbonyl (C=O) groups excluding carboxylic acids is 1. The standard InChI is InChI=1S/C17H20N4O2/c1-3-21(4-2)9-10-23-17(22)15-5-7-16(8-6-15)20-13-14(11-18)12-19/h5-8,13,20H,3-4,9-10H2,1-2H3. The first-order valence-corrected chi connectivity index (χ1v) is 7.41. The van der Waals surface area contributed by atoms with E-state index in [-0.39, 0.29) is 11.5 Å². The molecule has 0 aliphatic carbocycles. The molecule has 0 aromatic heterocycles. The van der Waals surface area contributed by atoms with Crippen LogP contribution in [0.15, 0.2) is 36.0 Å². The zero-order valence-corrected chi connectivity index (χ0v) is 13.4. The number of anilines is 1. The average molecular weight is 312 g/mol. The summed E-state index contributed by atoms with van der Waals surface area (Å²) in [6.45, 7) is 7.06. The summed E-state index contributed by atoms with van der Waals surface area (Å²) in [5.74, 6) is -0.367. The van der Waals surface area contributed by atoms with Crippen LogP contribution in [0.3, 0.4) is 0 Å². The fourth-order valence-electron chi connectivity index (χ4n) is 1.84. The minimum Gasteiger partial charge on any atom is -0.461 e. The summed E-state index contributed by atoms with van der Waals surface area (Å²) in [6, 6.07) is 10.1. The smallest absolute Gasteiger partial charge is 0.338 e. The maximum Gasteiger partial charge on any atom is 0.338 e. The third kappa shape index (κ3) is 6.21. The lowest BCUT2D eigenvalue weighted by Crippen LogP contribution is -2.27. The topological polar surface area (TPSA) is 89.2 Å². The van der Waals surface area contributed by atoms with Gasteiger partial charge in [-0.05, 0) is 37.4 Å². The van der Waals surface area contributed by atoms with Gasteiger partial charge >= 0.3 is 5.97 Å². The minimum absolute atomic E-state index is 0.0233. The van der Waals surface area contributed by atoms with Gasteiger partial charge in [-0.2, -0.15) is 10.5 Å². The Morgan fingerprint density at radius 3 is 2.35 bits per heavy atom. The fraction of sp³-hybridized carbons (Fsp3) is 0.353. The van der Waals surface area contributed by atoms with E-state index in [1.54, 1.807) is 36.4 Å². The Kier molecular flexibility index (Phi) is 7.91. The summed E-state index contributed by atoms with van der Waals surface area (Å²) in [4.78, 5) is 14.1. The molecule has 0 fully saturated rings. The molecule has 0 saturated heterocycles. The molecule has 23 heavy (non-hydrogen) atoms. The van der Waals surface area contributed by atoms with Crippen molar-refractivity contribution < 1.29 is 9.53 Å². The maximum atomic E-state index is 11.9. The molecule has 1 rings (SSSR count). The van der Waals surface area contributed by atoms with E-state index in [2.05, 4.69) is 24.1 Å². The van der Waals surface area contributed by atoms with Gasteiger partial charge in [0.25, 0.3) is 0 Å². The van der Waals surface area contributed by atoms with E-state index in [4.69, 9.17) is 15.3 Å². The molecule has 1 N–H and O–H groups in total. The van der Waals surface area contributed by atoms with Crippen LogP contribution >= 0.6 is 0 Å². The summed E-state index contributed by atoms with van der Waals surface area (Å²) in [6.07, 6.45) is 1.32. The van der Waals surface area contributed by atoms with E-state index in [9.17, 15) is 4.79 Å². The van der Waals surface area contributed by atoms with E-state index >= 15 is 0 Å². The van der Waals surface area contributed by atoms with Crippen molar-refractivity contribution in [1.29, 1.82) is 10.5 Å². The van der Waals surface area contributed by atoms with Gasteiger partial charge in [0, 0.05) is 18.4 Å². The zero-order chi connectivity index (χ0) is 17.1. The van der Waals surface area contributed by atoms with E-state index in [0.29, 0.717) is 24.4 Å². The third-order valence-electron chi connectivity index (χ3n) is 3.28. The molecule has 0 spiro atoms. The normalized spacial score (nSPS) is 9.61. The molecule has 0 amide bonds. The Labute approximate surface area is 136 Å². The van der Waals surface area contributed by atoms with Crippen LogP contribution in [0.1, 0.15) is 24.2 Å². The molecule has 0 aliphatic rings. The van der Waals surface area contributed by atoms with Gasteiger partial charge in [0.05, 0.1) is 5.56 Å². The van der Waals surface area contributed by atoms with Gasteiger partial charge in [-0.15, -0.1) is 0 Å². The van der Waals surface area contributed by atoms with Crippen LogP contribution in [-0.2, 0) is 4.74 Å². The predicted molar refractivity (Wildman–Crippen MR) is 87.4 cm³/mol. The highest BCUT2D eigenvalue weighted by molar-refractivity contribution is 5.89. The van der Waals surface area contributed by atoms with E-state index in [1.807, 2.05) is 0 Å². The van der Waals surface area contributed by atoms with Crippen molar-refractivity contribution >= 4 is 11.7 Å². The number of nitrogens with zero attached hydrogens (tertiary/aromatic N) is 3. The van der Waals surface area contributed by atoms with Crippen LogP contribution in [0, 0.1) is 22.7 Å². The molecule has 6 nitrogen and oxygen atoms in total. The molecule has 6 heteroatoms. The van der Waals surface area contributed by atoms with Crippen molar-refractivity contribution in [2.75, 3.05) is 31.6 Å². The zero-order valence-electron chi connectivity index (χ0n) is 13.4. The number of nitrogens with one attached hydrogen (secondary N) is 1. The summed E-state index contributed by atoms with van der Waals surface area (Å²) < 4.78 is 5.24. The monoisotopic (exact) mass is 312 g/mol. The third-order valence-corrected chi connectivity index (χ3v) is 3.28. The maximum absolute atomic E-state index is 11.9. The lowest BCUT2D eigenvalue weighted by Gasteiger charge is -2.17. The molecule has 0 radical (unpaired) electrons. The van der Waals surface area contributed by atoms with Gasteiger partial charge in [0.15, 0.2) is 0 Å². The van der Waals surface area contributed by atoms with Gasteiger partial charge in [0.2, 0.25) is 0 Å². The Hall–Kier alpha value is -2.83. The quantitative estimate of drug-likeness (QED) is 0.586. The van der Waals surface area contributed by atoms with Crippen molar-refractivity contribution in [2.45, 2.75) is 13.8 Å². The number of esters is 1. The van der Waals surface area contributed by atoms with E-state index in [0.717, 1.165) is 13.1 Å². The Morgan fingerprint density at radius 1 is 1.22 bits per heavy atom. The number of rotatable bonds is 8. The Bertz CT molecular complexity index is 603. The van der Waals surface area contributed by atoms with Crippen LogP contribution in [0.2, 0.25) is 0 Å². The lowest BCUT2D eigenvalue weighted by molar-refractivity contribution is 0.0466. The second kappa shape index (κ2) is 9.99. The molecular weight excluding hydrogens is 292 g/mol. The van der Waals surface area contributed by atoms with E-state index in [1.165, 1.54) is 6.20 Å². The molecule has 0 heterocycles. The predicted octanol–water partition coefficient (Wildman–Crippen LogP) is 2.53. The summed E-state index contributed by atoms with van der Waals surface area (Å²) in [5.41, 5.74) is 1.11. The molecule has 0 atom stereocenters. The molecule has 0 unspecified atom stereocenters. The highest BCUT2D eigenvalue weighted by Crippen LogP contribution is 2.11. The number of allylic oxidation sites excluding steroid dienone is 1. The number of benzene rings is 1. The largest absolute Gasteiger partial charge is 0.461 e.